The van der Waals surface area contributed by atoms with E-state index in [1.807, 2.05) is 4.90 Å². The summed E-state index contributed by atoms with van der Waals surface area (Å²) in [7, 11) is 0. The molecule has 2 amide bonds. The van der Waals surface area contributed by atoms with Gasteiger partial charge in [-0.25, -0.2) is 4.79 Å². The van der Waals surface area contributed by atoms with Crippen LogP contribution in [0.1, 0.15) is 25.7 Å². The molecule has 108 valence electrons. The number of carboxylic acids is 1. The fourth-order valence-electron chi connectivity index (χ4n) is 2.35. The van der Waals surface area contributed by atoms with Crippen LogP contribution in [0.5, 0.6) is 0 Å². The number of hydrogen-bond acceptors (Lipinski definition) is 3. The molecule has 0 aromatic heterocycles. The molecule has 1 aliphatic carbocycles. The van der Waals surface area contributed by atoms with Crippen molar-refractivity contribution in [1.29, 1.82) is 0 Å². The predicted molar refractivity (Wildman–Crippen MR) is 71.0 cm³/mol. The lowest BCUT2D eigenvalue weighted by atomic mass is 10.3. The maximum atomic E-state index is 11.8. The highest BCUT2D eigenvalue weighted by atomic mass is 16.4. The minimum absolute atomic E-state index is 0.0588. The van der Waals surface area contributed by atoms with E-state index in [4.69, 9.17) is 5.11 Å². The van der Waals surface area contributed by atoms with E-state index in [1.165, 1.54) is 19.4 Å². The SMILES string of the molecule is O=C(O)CCCNC(=O)N1CCN(CC2CC2)CC1. The number of hydrogen-bond donors (Lipinski definition) is 2. The maximum Gasteiger partial charge on any atom is 0.317 e. The second-order valence-electron chi connectivity index (χ2n) is 5.46. The van der Waals surface area contributed by atoms with E-state index < -0.39 is 5.97 Å². The Morgan fingerprint density at radius 2 is 1.84 bits per heavy atom. The molecule has 0 atom stereocenters. The van der Waals surface area contributed by atoms with E-state index >= 15 is 0 Å². The highest BCUT2D eigenvalue weighted by Gasteiger charge is 2.27. The summed E-state index contributed by atoms with van der Waals surface area (Å²) in [4.78, 5) is 26.4. The first-order valence-corrected chi connectivity index (χ1v) is 7.12. The number of carbonyl (C=O) groups is 2. The first-order chi connectivity index (χ1) is 9.15. The normalized spacial score (nSPS) is 20.3. The van der Waals surface area contributed by atoms with Gasteiger partial charge in [0.05, 0.1) is 0 Å². The van der Waals surface area contributed by atoms with E-state index in [2.05, 4.69) is 10.2 Å². The zero-order valence-corrected chi connectivity index (χ0v) is 11.3. The standard InChI is InChI=1S/C13H23N3O3/c17-12(18)2-1-5-14-13(19)16-8-6-15(7-9-16)10-11-3-4-11/h11H,1-10H2,(H,14,19)(H,17,18). The van der Waals surface area contributed by atoms with Crippen molar-refractivity contribution in [2.45, 2.75) is 25.7 Å². The van der Waals surface area contributed by atoms with Gasteiger partial charge in [0.25, 0.3) is 0 Å². The number of urea groups is 1. The fourth-order valence-corrected chi connectivity index (χ4v) is 2.35. The van der Waals surface area contributed by atoms with Gasteiger partial charge in [-0.15, -0.1) is 0 Å². The number of nitrogens with zero attached hydrogens (tertiary/aromatic N) is 2. The summed E-state index contributed by atoms with van der Waals surface area (Å²) >= 11 is 0. The molecule has 1 saturated heterocycles. The number of nitrogens with one attached hydrogen (secondary N) is 1. The molecule has 1 aliphatic heterocycles. The lowest BCUT2D eigenvalue weighted by Gasteiger charge is -2.34. The Labute approximate surface area is 113 Å². The zero-order valence-electron chi connectivity index (χ0n) is 11.3. The smallest absolute Gasteiger partial charge is 0.317 e. The molecule has 1 saturated carbocycles. The van der Waals surface area contributed by atoms with Crippen LogP contribution < -0.4 is 5.32 Å². The highest BCUT2D eigenvalue weighted by molar-refractivity contribution is 5.74. The number of aliphatic carboxylic acids is 1. The van der Waals surface area contributed by atoms with Crippen molar-refractivity contribution in [3.63, 3.8) is 0 Å². The molecule has 6 heteroatoms. The summed E-state index contributed by atoms with van der Waals surface area (Å²) in [6.45, 7) is 5.09. The summed E-state index contributed by atoms with van der Waals surface area (Å²) < 4.78 is 0. The van der Waals surface area contributed by atoms with Gasteiger partial charge in [0.2, 0.25) is 0 Å². The molecule has 2 rings (SSSR count). The van der Waals surface area contributed by atoms with E-state index in [9.17, 15) is 9.59 Å². The Morgan fingerprint density at radius 1 is 1.16 bits per heavy atom. The topological polar surface area (TPSA) is 72.9 Å². The molecule has 2 N–H and O–H groups in total. The molecule has 0 bridgehead atoms. The molecule has 0 aromatic rings. The van der Waals surface area contributed by atoms with Crippen molar-refractivity contribution in [3.8, 4) is 0 Å². The Morgan fingerprint density at radius 3 is 2.42 bits per heavy atom. The van der Waals surface area contributed by atoms with E-state index in [0.717, 1.165) is 32.1 Å². The number of carbonyl (C=O) groups excluding carboxylic acids is 1. The summed E-state index contributed by atoms with van der Waals surface area (Å²) in [6, 6.07) is -0.0588. The van der Waals surface area contributed by atoms with E-state index in [0.29, 0.717) is 13.0 Å². The van der Waals surface area contributed by atoms with Crippen LogP contribution in [-0.4, -0.2) is 66.2 Å². The third-order valence-corrected chi connectivity index (χ3v) is 3.72. The zero-order chi connectivity index (χ0) is 13.7. The van der Waals surface area contributed by atoms with Crippen molar-refractivity contribution >= 4 is 12.0 Å². The monoisotopic (exact) mass is 269 g/mol. The molecule has 0 spiro atoms. The molecule has 6 nitrogen and oxygen atoms in total. The number of amides is 2. The third-order valence-electron chi connectivity index (χ3n) is 3.72. The summed E-state index contributed by atoms with van der Waals surface area (Å²) in [5, 5.41) is 11.3. The Bertz CT molecular complexity index is 323. The summed E-state index contributed by atoms with van der Waals surface area (Å²) in [5.74, 6) is 0.0827. The van der Waals surface area contributed by atoms with Crippen LogP contribution in [0.2, 0.25) is 0 Å². The van der Waals surface area contributed by atoms with Crippen LogP contribution in [0, 0.1) is 5.92 Å². The van der Waals surface area contributed by atoms with Crippen molar-refractivity contribution < 1.29 is 14.7 Å². The second kappa shape index (κ2) is 6.75. The number of carboxylic acid groups (broad SMARTS) is 1. The molecule has 0 unspecified atom stereocenters. The molecule has 0 aromatic carbocycles. The Balaban J connectivity index is 1.57. The van der Waals surface area contributed by atoms with E-state index in [1.54, 1.807) is 0 Å². The molecule has 2 fully saturated rings. The van der Waals surface area contributed by atoms with Crippen molar-refractivity contribution in [1.82, 2.24) is 15.1 Å². The minimum Gasteiger partial charge on any atom is -0.481 e. The van der Waals surface area contributed by atoms with Crippen LogP contribution in [0.3, 0.4) is 0 Å². The lowest BCUT2D eigenvalue weighted by Crippen LogP contribution is -2.52. The van der Waals surface area contributed by atoms with Gasteiger partial charge >= 0.3 is 12.0 Å². The third kappa shape index (κ3) is 5.06. The van der Waals surface area contributed by atoms with Gasteiger partial charge < -0.3 is 15.3 Å². The molecule has 19 heavy (non-hydrogen) atoms. The van der Waals surface area contributed by atoms with Crippen LogP contribution >= 0.6 is 0 Å². The Kier molecular flexibility index (Phi) is 5.01. The average Bonchev–Trinajstić information content (AvgIpc) is 3.19. The minimum atomic E-state index is -0.817. The largest absolute Gasteiger partial charge is 0.481 e. The molecular formula is C13H23N3O3. The summed E-state index contributed by atoms with van der Waals surface area (Å²) in [5.41, 5.74) is 0. The first kappa shape index (κ1) is 14.1. The maximum absolute atomic E-state index is 11.8. The first-order valence-electron chi connectivity index (χ1n) is 7.12. The van der Waals surface area contributed by atoms with Gasteiger partial charge in [-0.2, -0.15) is 0 Å². The molecular weight excluding hydrogens is 246 g/mol. The van der Waals surface area contributed by atoms with Crippen LogP contribution in [-0.2, 0) is 4.79 Å². The van der Waals surface area contributed by atoms with Crippen LogP contribution in [0.15, 0.2) is 0 Å². The van der Waals surface area contributed by atoms with Gasteiger partial charge in [-0.05, 0) is 25.2 Å². The quantitative estimate of drug-likeness (QED) is 0.692. The fraction of sp³-hybridized carbons (Fsp3) is 0.846. The molecule has 1 heterocycles. The number of piperazine rings is 1. The highest BCUT2D eigenvalue weighted by Crippen LogP contribution is 2.29. The Hall–Kier alpha value is -1.30. The number of rotatable bonds is 6. The van der Waals surface area contributed by atoms with Gasteiger partial charge in [0, 0.05) is 45.7 Å². The van der Waals surface area contributed by atoms with Crippen LogP contribution in [0.4, 0.5) is 4.79 Å². The van der Waals surface area contributed by atoms with Gasteiger partial charge in [0.1, 0.15) is 0 Å². The van der Waals surface area contributed by atoms with Gasteiger partial charge in [0.15, 0.2) is 0 Å². The van der Waals surface area contributed by atoms with Crippen LogP contribution in [0.25, 0.3) is 0 Å². The molecule has 0 radical (unpaired) electrons. The molecule has 2 aliphatic rings. The van der Waals surface area contributed by atoms with E-state index in [-0.39, 0.29) is 12.5 Å². The second-order valence-corrected chi connectivity index (χ2v) is 5.46. The van der Waals surface area contributed by atoms with Crippen molar-refractivity contribution in [2.24, 2.45) is 5.92 Å². The van der Waals surface area contributed by atoms with Gasteiger partial charge in [-0.3, -0.25) is 9.69 Å². The average molecular weight is 269 g/mol. The van der Waals surface area contributed by atoms with Crippen molar-refractivity contribution in [3.05, 3.63) is 0 Å². The van der Waals surface area contributed by atoms with Gasteiger partial charge in [-0.1, -0.05) is 0 Å². The van der Waals surface area contributed by atoms with Crippen molar-refractivity contribution in [2.75, 3.05) is 39.3 Å². The summed E-state index contributed by atoms with van der Waals surface area (Å²) in [6.07, 6.45) is 3.33. The predicted octanol–water partition coefficient (Wildman–Crippen LogP) is 0.588. The lowest BCUT2D eigenvalue weighted by molar-refractivity contribution is -0.137.